The number of rotatable bonds is 4. The molecule has 1 saturated heterocycles. The summed E-state index contributed by atoms with van der Waals surface area (Å²) in [6.45, 7) is 6.44. The second-order valence-corrected chi connectivity index (χ2v) is 9.25. The summed E-state index contributed by atoms with van der Waals surface area (Å²) in [6.07, 6.45) is 0. The van der Waals surface area contributed by atoms with Gasteiger partial charge in [-0.05, 0) is 43.2 Å². The monoisotopic (exact) mass is 438 g/mol. The van der Waals surface area contributed by atoms with Gasteiger partial charge in [0.15, 0.2) is 0 Å². The second kappa shape index (κ2) is 7.58. The Labute approximate surface area is 163 Å². The zero-order chi connectivity index (χ0) is 18.9. The van der Waals surface area contributed by atoms with E-state index in [4.69, 9.17) is 4.74 Å². The van der Waals surface area contributed by atoms with E-state index in [9.17, 15) is 8.42 Å². The van der Waals surface area contributed by atoms with E-state index in [1.54, 1.807) is 22.5 Å². The third kappa shape index (κ3) is 3.61. The van der Waals surface area contributed by atoms with Crippen LogP contribution in [0.4, 0.5) is 5.69 Å². The summed E-state index contributed by atoms with van der Waals surface area (Å²) in [5.74, 6) is 0.358. The number of aryl methyl sites for hydroxylation is 2. The van der Waals surface area contributed by atoms with Crippen molar-refractivity contribution >= 4 is 31.6 Å². The summed E-state index contributed by atoms with van der Waals surface area (Å²) in [5, 5.41) is 0. The molecular weight excluding hydrogens is 416 g/mol. The maximum absolute atomic E-state index is 13.1. The standard InChI is InChI=1S/C19H23BrN2O3S/c1-14-5-4-6-15(2)19(14)21-9-11-22(12-10-21)26(23,24)18-8-7-16(20)13-17(18)25-3/h4-8,13H,9-12H2,1-3H3. The maximum atomic E-state index is 13.1. The van der Waals surface area contributed by atoms with Gasteiger partial charge in [-0.15, -0.1) is 0 Å². The summed E-state index contributed by atoms with van der Waals surface area (Å²) in [6, 6.07) is 11.2. The van der Waals surface area contributed by atoms with E-state index in [0.29, 0.717) is 31.9 Å². The average Bonchev–Trinajstić information content (AvgIpc) is 2.61. The Kier molecular flexibility index (Phi) is 5.60. The van der Waals surface area contributed by atoms with Gasteiger partial charge in [-0.2, -0.15) is 4.31 Å². The molecule has 26 heavy (non-hydrogen) atoms. The van der Waals surface area contributed by atoms with Crippen molar-refractivity contribution in [1.29, 1.82) is 0 Å². The number of sulfonamides is 1. The molecule has 0 N–H and O–H groups in total. The molecule has 1 heterocycles. The number of para-hydroxylation sites is 1. The number of halogens is 1. The van der Waals surface area contributed by atoms with E-state index in [0.717, 1.165) is 4.47 Å². The Morgan fingerprint density at radius 1 is 1.00 bits per heavy atom. The van der Waals surface area contributed by atoms with Crippen molar-refractivity contribution in [3.8, 4) is 5.75 Å². The normalized spacial score (nSPS) is 15.9. The Morgan fingerprint density at radius 2 is 1.62 bits per heavy atom. The zero-order valence-electron chi connectivity index (χ0n) is 15.2. The summed E-state index contributed by atoms with van der Waals surface area (Å²) < 4.78 is 33.7. The van der Waals surface area contributed by atoms with Crippen molar-refractivity contribution in [2.75, 3.05) is 38.2 Å². The van der Waals surface area contributed by atoms with Crippen LogP contribution >= 0.6 is 15.9 Å². The van der Waals surface area contributed by atoms with Crippen LogP contribution < -0.4 is 9.64 Å². The number of piperazine rings is 1. The molecule has 7 heteroatoms. The summed E-state index contributed by atoms with van der Waals surface area (Å²) in [7, 11) is -2.10. The van der Waals surface area contributed by atoms with Crippen LogP contribution in [-0.2, 0) is 10.0 Å². The van der Waals surface area contributed by atoms with Crippen molar-refractivity contribution in [3.05, 3.63) is 52.0 Å². The molecule has 1 aliphatic rings. The predicted octanol–water partition coefficient (Wildman–Crippen LogP) is 3.59. The highest BCUT2D eigenvalue weighted by molar-refractivity contribution is 9.10. The molecule has 140 valence electrons. The third-order valence-electron chi connectivity index (χ3n) is 4.74. The van der Waals surface area contributed by atoms with Crippen molar-refractivity contribution in [2.45, 2.75) is 18.7 Å². The molecule has 0 amide bonds. The van der Waals surface area contributed by atoms with E-state index in [-0.39, 0.29) is 4.90 Å². The first-order chi connectivity index (χ1) is 12.3. The van der Waals surface area contributed by atoms with Gasteiger partial charge in [0.1, 0.15) is 10.6 Å². The minimum Gasteiger partial charge on any atom is -0.495 e. The van der Waals surface area contributed by atoms with Gasteiger partial charge in [-0.1, -0.05) is 34.1 Å². The first-order valence-electron chi connectivity index (χ1n) is 8.49. The van der Waals surface area contributed by atoms with E-state index >= 15 is 0 Å². The molecule has 0 saturated carbocycles. The number of anilines is 1. The summed E-state index contributed by atoms with van der Waals surface area (Å²) >= 11 is 3.35. The van der Waals surface area contributed by atoms with Crippen LogP contribution in [0.2, 0.25) is 0 Å². The molecule has 0 atom stereocenters. The van der Waals surface area contributed by atoms with Crippen molar-refractivity contribution in [1.82, 2.24) is 4.31 Å². The van der Waals surface area contributed by atoms with Crippen molar-refractivity contribution < 1.29 is 13.2 Å². The van der Waals surface area contributed by atoms with Gasteiger partial charge in [0.25, 0.3) is 0 Å². The van der Waals surface area contributed by atoms with E-state index < -0.39 is 10.0 Å². The minimum absolute atomic E-state index is 0.212. The predicted molar refractivity (Wildman–Crippen MR) is 108 cm³/mol. The lowest BCUT2D eigenvalue weighted by atomic mass is 10.1. The highest BCUT2D eigenvalue weighted by atomic mass is 79.9. The highest BCUT2D eigenvalue weighted by Gasteiger charge is 2.31. The largest absolute Gasteiger partial charge is 0.495 e. The molecule has 0 bridgehead atoms. The zero-order valence-corrected chi connectivity index (χ0v) is 17.6. The van der Waals surface area contributed by atoms with Crippen LogP contribution in [0.5, 0.6) is 5.75 Å². The molecule has 1 fully saturated rings. The van der Waals surface area contributed by atoms with Crippen LogP contribution in [0.25, 0.3) is 0 Å². The summed E-state index contributed by atoms with van der Waals surface area (Å²) in [5.41, 5.74) is 3.65. The van der Waals surface area contributed by atoms with Crippen LogP contribution in [0.3, 0.4) is 0 Å². The van der Waals surface area contributed by atoms with Gasteiger partial charge in [0.2, 0.25) is 10.0 Å². The van der Waals surface area contributed by atoms with Gasteiger partial charge in [0.05, 0.1) is 7.11 Å². The molecular formula is C19H23BrN2O3S. The third-order valence-corrected chi connectivity index (χ3v) is 7.17. The molecule has 1 aliphatic heterocycles. The van der Waals surface area contributed by atoms with Gasteiger partial charge in [-0.25, -0.2) is 8.42 Å². The van der Waals surface area contributed by atoms with Gasteiger partial charge >= 0.3 is 0 Å². The average molecular weight is 439 g/mol. The van der Waals surface area contributed by atoms with Crippen LogP contribution in [0.15, 0.2) is 45.8 Å². The number of methoxy groups -OCH3 is 1. The Morgan fingerprint density at radius 3 is 2.19 bits per heavy atom. The quantitative estimate of drug-likeness (QED) is 0.731. The van der Waals surface area contributed by atoms with Gasteiger partial charge in [0, 0.05) is 36.3 Å². The topological polar surface area (TPSA) is 49.9 Å². The summed E-state index contributed by atoms with van der Waals surface area (Å²) in [4.78, 5) is 2.49. The Hall–Kier alpha value is -1.57. The fourth-order valence-electron chi connectivity index (χ4n) is 3.45. The highest BCUT2D eigenvalue weighted by Crippen LogP contribution is 2.31. The molecule has 3 rings (SSSR count). The lowest BCUT2D eigenvalue weighted by Gasteiger charge is -2.37. The Bertz CT molecular complexity index is 887. The van der Waals surface area contributed by atoms with Crippen LogP contribution in [-0.4, -0.2) is 46.0 Å². The van der Waals surface area contributed by atoms with Crippen molar-refractivity contribution in [2.24, 2.45) is 0 Å². The fourth-order valence-corrected chi connectivity index (χ4v) is 5.35. The molecule has 0 radical (unpaired) electrons. The van der Waals surface area contributed by atoms with Gasteiger partial charge in [-0.3, -0.25) is 0 Å². The van der Waals surface area contributed by atoms with Crippen LogP contribution in [0, 0.1) is 13.8 Å². The lowest BCUT2D eigenvalue weighted by molar-refractivity contribution is 0.374. The van der Waals surface area contributed by atoms with E-state index in [2.05, 4.69) is 52.9 Å². The van der Waals surface area contributed by atoms with E-state index in [1.807, 2.05) is 0 Å². The molecule has 5 nitrogen and oxygen atoms in total. The molecule has 0 unspecified atom stereocenters. The molecule has 2 aromatic carbocycles. The number of ether oxygens (including phenoxy) is 1. The first kappa shape index (κ1) is 19.2. The molecule has 0 spiro atoms. The smallest absolute Gasteiger partial charge is 0.246 e. The number of benzene rings is 2. The molecule has 2 aromatic rings. The fraction of sp³-hybridized carbons (Fsp3) is 0.368. The van der Waals surface area contributed by atoms with E-state index in [1.165, 1.54) is 23.9 Å². The number of hydrogen-bond acceptors (Lipinski definition) is 4. The first-order valence-corrected chi connectivity index (χ1v) is 10.7. The number of nitrogens with zero attached hydrogens (tertiary/aromatic N) is 2. The molecule has 0 aromatic heterocycles. The van der Waals surface area contributed by atoms with Crippen molar-refractivity contribution in [3.63, 3.8) is 0 Å². The van der Waals surface area contributed by atoms with Gasteiger partial charge < -0.3 is 9.64 Å². The number of hydrogen-bond donors (Lipinski definition) is 0. The Balaban J connectivity index is 1.81. The molecule has 0 aliphatic carbocycles. The SMILES string of the molecule is COc1cc(Br)ccc1S(=O)(=O)N1CCN(c2c(C)cccc2C)CC1. The van der Waals surface area contributed by atoms with Crippen LogP contribution in [0.1, 0.15) is 11.1 Å². The maximum Gasteiger partial charge on any atom is 0.246 e. The minimum atomic E-state index is -3.59. The lowest BCUT2D eigenvalue weighted by Crippen LogP contribution is -2.49. The second-order valence-electron chi connectivity index (χ2n) is 6.43.